The maximum Gasteiger partial charge on any atom is 0.282 e. The lowest BCUT2D eigenvalue weighted by Gasteiger charge is -2.28. The maximum absolute atomic E-state index is 12.2. The summed E-state index contributed by atoms with van der Waals surface area (Å²) in [5.41, 5.74) is 2.25. The van der Waals surface area contributed by atoms with Crippen molar-refractivity contribution in [2.24, 2.45) is 0 Å². The second-order valence-corrected chi connectivity index (χ2v) is 7.26. The molecule has 1 atom stereocenters. The smallest absolute Gasteiger partial charge is 0.282 e. The SMILES string of the molecule is Cc1ccc(CNC(=O)c2nnc(CN3CCCC(O)C3)s2)cc1. The van der Waals surface area contributed by atoms with Gasteiger partial charge in [-0.2, -0.15) is 0 Å². The van der Waals surface area contributed by atoms with E-state index in [0.29, 0.717) is 24.6 Å². The second-order valence-electron chi connectivity index (χ2n) is 6.20. The molecule has 2 aromatic rings. The topological polar surface area (TPSA) is 78.4 Å². The first kappa shape index (κ1) is 17.0. The Morgan fingerprint density at radius 3 is 2.92 bits per heavy atom. The highest BCUT2D eigenvalue weighted by atomic mass is 32.1. The molecule has 0 spiro atoms. The van der Waals surface area contributed by atoms with Gasteiger partial charge in [0.25, 0.3) is 5.91 Å². The lowest BCUT2D eigenvalue weighted by atomic mass is 10.1. The van der Waals surface area contributed by atoms with Gasteiger partial charge in [0.15, 0.2) is 0 Å². The summed E-state index contributed by atoms with van der Waals surface area (Å²) in [7, 11) is 0. The number of carbonyl (C=O) groups is 1. The maximum atomic E-state index is 12.2. The van der Waals surface area contributed by atoms with Crippen molar-refractivity contribution < 1.29 is 9.90 Å². The van der Waals surface area contributed by atoms with E-state index >= 15 is 0 Å². The molecule has 0 aliphatic carbocycles. The first-order valence-electron chi connectivity index (χ1n) is 8.16. The lowest BCUT2D eigenvalue weighted by Crippen LogP contribution is -2.37. The van der Waals surface area contributed by atoms with Crippen LogP contribution < -0.4 is 5.32 Å². The number of nitrogens with one attached hydrogen (secondary N) is 1. The molecular formula is C17H22N4O2S. The quantitative estimate of drug-likeness (QED) is 0.862. The van der Waals surface area contributed by atoms with Gasteiger partial charge in [0.05, 0.1) is 12.6 Å². The summed E-state index contributed by atoms with van der Waals surface area (Å²) in [6.07, 6.45) is 1.59. The van der Waals surface area contributed by atoms with E-state index < -0.39 is 0 Å². The van der Waals surface area contributed by atoms with Crippen LogP contribution >= 0.6 is 11.3 Å². The predicted molar refractivity (Wildman–Crippen MR) is 92.8 cm³/mol. The average molecular weight is 346 g/mol. The predicted octanol–water partition coefficient (Wildman–Crippen LogP) is 1.73. The van der Waals surface area contributed by atoms with Gasteiger partial charge in [-0.1, -0.05) is 41.2 Å². The summed E-state index contributed by atoms with van der Waals surface area (Å²) in [5.74, 6) is -0.196. The number of likely N-dealkylation sites (tertiary alicyclic amines) is 1. The van der Waals surface area contributed by atoms with Crippen molar-refractivity contribution in [2.45, 2.75) is 39.0 Å². The third kappa shape index (κ3) is 4.59. The molecule has 7 heteroatoms. The molecule has 1 fully saturated rings. The van der Waals surface area contributed by atoms with Crippen molar-refractivity contribution in [2.75, 3.05) is 13.1 Å². The van der Waals surface area contributed by atoms with E-state index in [-0.39, 0.29) is 12.0 Å². The number of aliphatic hydroxyl groups is 1. The number of carbonyl (C=O) groups excluding carboxylic acids is 1. The Morgan fingerprint density at radius 2 is 2.17 bits per heavy atom. The molecule has 24 heavy (non-hydrogen) atoms. The number of nitrogens with zero attached hydrogens (tertiary/aromatic N) is 3. The highest BCUT2D eigenvalue weighted by molar-refractivity contribution is 7.13. The zero-order valence-electron chi connectivity index (χ0n) is 13.7. The minimum absolute atomic E-state index is 0.196. The number of piperidine rings is 1. The summed E-state index contributed by atoms with van der Waals surface area (Å²) in [6, 6.07) is 8.06. The summed E-state index contributed by atoms with van der Waals surface area (Å²) < 4.78 is 0. The number of β-amino-alcohol motifs (C(OH)–C–C–N with tert-alkyl or cyclic N) is 1. The Labute approximate surface area is 145 Å². The second kappa shape index (κ2) is 7.83. The monoisotopic (exact) mass is 346 g/mol. The number of benzene rings is 1. The van der Waals surface area contributed by atoms with Crippen LogP contribution in [0.2, 0.25) is 0 Å². The molecular weight excluding hydrogens is 324 g/mol. The van der Waals surface area contributed by atoms with Crippen molar-refractivity contribution in [1.29, 1.82) is 0 Å². The van der Waals surface area contributed by atoms with Gasteiger partial charge in [0.2, 0.25) is 5.01 Å². The molecule has 0 radical (unpaired) electrons. The van der Waals surface area contributed by atoms with Crippen LogP contribution in [0.4, 0.5) is 0 Å². The number of aromatic nitrogens is 2. The van der Waals surface area contributed by atoms with E-state index in [1.165, 1.54) is 16.9 Å². The fraction of sp³-hybridized carbons (Fsp3) is 0.471. The molecule has 1 amide bonds. The van der Waals surface area contributed by atoms with Crippen LogP contribution in [0, 0.1) is 6.92 Å². The molecule has 1 aliphatic heterocycles. The van der Waals surface area contributed by atoms with Crippen LogP contribution in [-0.2, 0) is 13.1 Å². The van der Waals surface area contributed by atoms with Gasteiger partial charge < -0.3 is 10.4 Å². The van der Waals surface area contributed by atoms with Gasteiger partial charge in [-0.15, -0.1) is 10.2 Å². The molecule has 3 rings (SSSR count). The molecule has 2 N–H and O–H groups in total. The third-order valence-corrected chi connectivity index (χ3v) is 4.98. The van der Waals surface area contributed by atoms with Gasteiger partial charge in [-0.3, -0.25) is 9.69 Å². The molecule has 1 saturated heterocycles. The van der Waals surface area contributed by atoms with Crippen LogP contribution in [0.5, 0.6) is 0 Å². The minimum atomic E-state index is -0.260. The fourth-order valence-corrected chi connectivity index (χ4v) is 3.54. The summed E-state index contributed by atoms with van der Waals surface area (Å²) in [6.45, 7) is 4.76. The highest BCUT2D eigenvalue weighted by Gasteiger charge is 2.20. The van der Waals surface area contributed by atoms with Crippen LogP contribution in [0.3, 0.4) is 0 Å². The Balaban J connectivity index is 1.52. The number of amides is 1. The molecule has 1 aliphatic rings. The molecule has 0 saturated carbocycles. The third-order valence-electron chi connectivity index (χ3n) is 4.07. The van der Waals surface area contributed by atoms with E-state index in [2.05, 4.69) is 20.4 Å². The first-order valence-corrected chi connectivity index (χ1v) is 8.98. The number of hydrogen-bond donors (Lipinski definition) is 2. The van der Waals surface area contributed by atoms with E-state index in [9.17, 15) is 9.90 Å². The normalized spacial score (nSPS) is 18.5. The molecule has 1 aromatic carbocycles. The van der Waals surface area contributed by atoms with E-state index in [1.54, 1.807) is 0 Å². The Kier molecular flexibility index (Phi) is 5.55. The van der Waals surface area contributed by atoms with Crippen molar-refractivity contribution in [3.05, 3.63) is 45.4 Å². The molecule has 1 aromatic heterocycles. The van der Waals surface area contributed by atoms with Gasteiger partial charge in [0, 0.05) is 13.1 Å². The van der Waals surface area contributed by atoms with Crippen molar-refractivity contribution in [3.63, 3.8) is 0 Å². The fourth-order valence-electron chi connectivity index (χ4n) is 2.74. The Bertz CT molecular complexity index is 686. The Hall–Kier alpha value is -1.83. The van der Waals surface area contributed by atoms with Gasteiger partial charge in [-0.25, -0.2) is 0 Å². The zero-order valence-corrected chi connectivity index (χ0v) is 14.6. The van der Waals surface area contributed by atoms with E-state index in [1.807, 2.05) is 31.2 Å². The van der Waals surface area contributed by atoms with Crippen LogP contribution in [0.25, 0.3) is 0 Å². The zero-order chi connectivity index (χ0) is 16.9. The van der Waals surface area contributed by atoms with E-state index in [0.717, 1.165) is 30.0 Å². The number of aryl methyl sites for hydroxylation is 1. The first-order chi connectivity index (χ1) is 11.6. The van der Waals surface area contributed by atoms with Gasteiger partial charge in [0.1, 0.15) is 5.01 Å². The van der Waals surface area contributed by atoms with Crippen LogP contribution in [0.1, 0.15) is 38.8 Å². The van der Waals surface area contributed by atoms with Crippen LogP contribution in [-0.4, -0.2) is 45.3 Å². The van der Waals surface area contributed by atoms with E-state index in [4.69, 9.17) is 0 Å². The number of hydrogen-bond acceptors (Lipinski definition) is 6. The summed E-state index contributed by atoms with van der Waals surface area (Å²) in [5, 5.41) is 21.9. The largest absolute Gasteiger partial charge is 0.392 e. The van der Waals surface area contributed by atoms with Gasteiger partial charge >= 0.3 is 0 Å². The summed E-state index contributed by atoms with van der Waals surface area (Å²) >= 11 is 1.32. The molecule has 1 unspecified atom stereocenters. The summed E-state index contributed by atoms with van der Waals surface area (Å²) in [4.78, 5) is 14.3. The number of rotatable bonds is 5. The van der Waals surface area contributed by atoms with Crippen molar-refractivity contribution >= 4 is 17.2 Å². The highest BCUT2D eigenvalue weighted by Crippen LogP contribution is 2.16. The molecule has 2 heterocycles. The minimum Gasteiger partial charge on any atom is -0.392 e. The standard InChI is InChI=1S/C17H22N4O2S/c1-12-4-6-13(7-5-12)9-18-16(23)17-20-19-15(24-17)11-21-8-2-3-14(22)10-21/h4-7,14,22H,2-3,8-11H2,1H3,(H,18,23). The molecule has 0 bridgehead atoms. The molecule has 6 nitrogen and oxygen atoms in total. The number of aliphatic hydroxyl groups excluding tert-OH is 1. The van der Waals surface area contributed by atoms with Crippen molar-refractivity contribution in [1.82, 2.24) is 20.4 Å². The average Bonchev–Trinajstić information content (AvgIpc) is 3.03. The van der Waals surface area contributed by atoms with Crippen LogP contribution in [0.15, 0.2) is 24.3 Å². The van der Waals surface area contributed by atoms with Gasteiger partial charge in [-0.05, 0) is 31.9 Å². The molecule has 128 valence electrons. The van der Waals surface area contributed by atoms with Crippen molar-refractivity contribution in [3.8, 4) is 0 Å². The Morgan fingerprint density at radius 1 is 1.38 bits per heavy atom. The lowest BCUT2D eigenvalue weighted by molar-refractivity contribution is 0.0667.